The molecule has 0 saturated carbocycles. The van der Waals surface area contributed by atoms with E-state index in [1.54, 1.807) is 31.2 Å². The highest BCUT2D eigenvalue weighted by molar-refractivity contribution is 7.92. The number of amides is 1. The van der Waals surface area contributed by atoms with Crippen molar-refractivity contribution in [1.82, 2.24) is 5.43 Å². The minimum absolute atomic E-state index is 0.116. The van der Waals surface area contributed by atoms with Crippen LogP contribution in [0.5, 0.6) is 0 Å². The number of carbonyl (C=O) groups excluding carboxylic acids is 1. The first-order valence-electron chi connectivity index (χ1n) is 9.88. The van der Waals surface area contributed by atoms with Crippen LogP contribution in [0.25, 0.3) is 0 Å². The van der Waals surface area contributed by atoms with E-state index in [2.05, 4.69) is 15.2 Å². The molecule has 0 radical (unpaired) electrons. The Hall–Kier alpha value is -2.88. The number of hydrogen-bond donors (Lipinski definition) is 3. The van der Waals surface area contributed by atoms with Crippen molar-refractivity contribution in [3.8, 4) is 0 Å². The zero-order valence-electron chi connectivity index (χ0n) is 17.2. The van der Waals surface area contributed by atoms with E-state index in [1.807, 2.05) is 0 Å². The Kier molecular flexibility index (Phi) is 6.23. The largest absolute Gasteiger partial charge is 0.390 e. The third kappa shape index (κ3) is 4.64. The van der Waals surface area contributed by atoms with Gasteiger partial charge in [-0.2, -0.15) is 5.10 Å². The molecule has 0 spiro atoms. The first-order valence-corrected chi connectivity index (χ1v) is 12.6. The van der Waals surface area contributed by atoms with Crippen molar-refractivity contribution in [1.29, 1.82) is 0 Å². The molecule has 1 aliphatic rings. The number of nitrogen functional groups attached to an aromatic ring is 1. The number of nitrogens with one attached hydrogen (secondary N) is 2. The number of rotatable bonds is 6. The second-order valence-corrected chi connectivity index (χ2v) is 10.6. The van der Waals surface area contributed by atoms with Crippen molar-refractivity contribution in [2.24, 2.45) is 5.10 Å². The van der Waals surface area contributed by atoms with Crippen LogP contribution in [-0.2, 0) is 22.9 Å². The minimum Gasteiger partial charge on any atom is -0.390 e. The highest BCUT2D eigenvalue weighted by atomic mass is 35.5. The fourth-order valence-electron chi connectivity index (χ4n) is 3.54. The zero-order chi connectivity index (χ0) is 22.9. The normalized spacial score (nSPS) is 13.6. The molecular weight excluding hydrogens is 468 g/mol. The number of nitrogens with two attached hydrogens (primary N) is 1. The number of hydrazone groups is 1. The van der Waals surface area contributed by atoms with Crippen molar-refractivity contribution < 1.29 is 13.2 Å². The summed E-state index contributed by atoms with van der Waals surface area (Å²) in [5.74, 6) is -0.311. The molecular formula is C22H21ClN4O3S2. The summed E-state index contributed by atoms with van der Waals surface area (Å²) in [6, 6.07) is 12.6. The van der Waals surface area contributed by atoms with Gasteiger partial charge >= 0.3 is 0 Å². The molecule has 0 aliphatic heterocycles. The van der Waals surface area contributed by atoms with Crippen molar-refractivity contribution in [3.63, 3.8) is 0 Å². The summed E-state index contributed by atoms with van der Waals surface area (Å²) in [7, 11) is -3.73. The molecule has 0 bridgehead atoms. The summed E-state index contributed by atoms with van der Waals surface area (Å²) in [5, 5.41) is 5.18. The Morgan fingerprint density at radius 1 is 1.09 bits per heavy atom. The fourth-order valence-corrected chi connectivity index (χ4v) is 5.88. The van der Waals surface area contributed by atoms with E-state index < -0.39 is 10.0 Å². The molecule has 1 aliphatic carbocycles. The summed E-state index contributed by atoms with van der Waals surface area (Å²) in [6.07, 6.45) is 2.87. The van der Waals surface area contributed by atoms with E-state index in [0.29, 0.717) is 27.0 Å². The number of fused-ring (bicyclic) bond motifs is 1. The summed E-state index contributed by atoms with van der Waals surface area (Å²) in [5.41, 5.74) is 11.9. The lowest BCUT2D eigenvalue weighted by Crippen LogP contribution is -2.21. The average Bonchev–Trinajstić information content (AvgIpc) is 3.32. The number of sulfonamides is 1. The number of nitrogens with zero attached hydrogens (tertiary/aromatic N) is 1. The SMILES string of the molecule is CC(=NNC(=O)c1c(N)sc2c1CCC2)c1ccc(NS(=O)(=O)c2ccc(Cl)cc2)cc1. The lowest BCUT2D eigenvalue weighted by molar-refractivity contribution is 0.0955. The number of thiophene rings is 1. The first-order chi connectivity index (χ1) is 15.2. The van der Waals surface area contributed by atoms with E-state index in [9.17, 15) is 13.2 Å². The summed E-state index contributed by atoms with van der Waals surface area (Å²) in [6.45, 7) is 1.76. The number of benzene rings is 2. The maximum absolute atomic E-state index is 12.6. The molecule has 166 valence electrons. The van der Waals surface area contributed by atoms with Gasteiger partial charge in [-0.1, -0.05) is 23.7 Å². The van der Waals surface area contributed by atoms with Crippen molar-refractivity contribution >= 4 is 55.3 Å². The van der Waals surface area contributed by atoms with Gasteiger partial charge in [0, 0.05) is 15.6 Å². The monoisotopic (exact) mass is 488 g/mol. The third-order valence-electron chi connectivity index (χ3n) is 5.18. The highest BCUT2D eigenvalue weighted by Crippen LogP contribution is 2.37. The van der Waals surface area contributed by atoms with Crippen LogP contribution in [0.3, 0.4) is 0 Å². The number of hydrogen-bond acceptors (Lipinski definition) is 6. The predicted octanol–water partition coefficient (Wildman–Crippen LogP) is 4.43. The Morgan fingerprint density at radius 3 is 2.47 bits per heavy atom. The topological polar surface area (TPSA) is 114 Å². The maximum atomic E-state index is 12.6. The van der Waals surface area contributed by atoms with Crippen LogP contribution < -0.4 is 15.9 Å². The van der Waals surface area contributed by atoms with E-state index in [-0.39, 0.29) is 10.8 Å². The summed E-state index contributed by atoms with van der Waals surface area (Å²) in [4.78, 5) is 13.9. The second kappa shape index (κ2) is 8.93. The lowest BCUT2D eigenvalue weighted by atomic mass is 10.1. The Bertz CT molecular complexity index is 1300. The van der Waals surface area contributed by atoms with E-state index >= 15 is 0 Å². The molecule has 1 aromatic heterocycles. The van der Waals surface area contributed by atoms with Crippen molar-refractivity contribution in [2.75, 3.05) is 10.5 Å². The van der Waals surface area contributed by atoms with Gasteiger partial charge in [0.25, 0.3) is 15.9 Å². The fraction of sp³-hybridized carbons (Fsp3) is 0.182. The standard InChI is InChI=1S/C22H21ClN4O3S2/c1-13(25-26-22(28)20-18-3-2-4-19(18)31-21(20)24)14-5-9-16(10-6-14)27-32(29,30)17-11-7-15(23)8-12-17/h5-12,27H,2-4,24H2,1H3,(H,26,28). The maximum Gasteiger partial charge on any atom is 0.274 e. The molecule has 2 aromatic carbocycles. The van der Waals surface area contributed by atoms with Crippen LogP contribution >= 0.6 is 22.9 Å². The number of carbonyl (C=O) groups is 1. The average molecular weight is 489 g/mol. The minimum atomic E-state index is -3.73. The summed E-state index contributed by atoms with van der Waals surface area (Å²) < 4.78 is 27.5. The molecule has 1 amide bonds. The van der Waals surface area contributed by atoms with Gasteiger partial charge in [-0.05, 0) is 73.7 Å². The number of halogens is 1. The van der Waals surface area contributed by atoms with Crippen molar-refractivity contribution in [2.45, 2.75) is 31.1 Å². The van der Waals surface area contributed by atoms with Gasteiger partial charge in [0.1, 0.15) is 0 Å². The van der Waals surface area contributed by atoms with Gasteiger partial charge in [-0.15, -0.1) is 11.3 Å². The lowest BCUT2D eigenvalue weighted by Gasteiger charge is -2.09. The predicted molar refractivity (Wildman–Crippen MR) is 129 cm³/mol. The van der Waals surface area contributed by atoms with Crippen LogP contribution in [0.1, 0.15) is 39.7 Å². The molecule has 0 atom stereocenters. The van der Waals surface area contributed by atoms with Crippen molar-refractivity contribution in [3.05, 3.63) is 75.1 Å². The quantitative estimate of drug-likeness (QED) is 0.352. The van der Waals surface area contributed by atoms with Crippen LogP contribution in [0.4, 0.5) is 10.7 Å². The van der Waals surface area contributed by atoms with Gasteiger partial charge in [-0.25, -0.2) is 13.8 Å². The van der Waals surface area contributed by atoms with Gasteiger partial charge in [0.2, 0.25) is 0 Å². The van der Waals surface area contributed by atoms with Crippen LogP contribution in [-0.4, -0.2) is 20.0 Å². The molecule has 0 saturated heterocycles. The number of aryl methyl sites for hydroxylation is 1. The van der Waals surface area contributed by atoms with E-state index in [4.69, 9.17) is 17.3 Å². The molecule has 32 heavy (non-hydrogen) atoms. The van der Waals surface area contributed by atoms with Gasteiger partial charge in [0.15, 0.2) is 0 Å². The van der Waals surface area contributed by atoms with Gasteiger partial charge in [0.05, 0.1) is 21.2 Å². The molecule has 10 heteroatoms. The third-order valence-corrected chi connectivity index (χ3v) is 7.95. The molecule has 4 rings (SSSR count). The molecule has 0 fully saturated rings. The highest BCUT2D eigenvalue weighted by Gasteiger charge is 2.25. The van der Waals surface area contributed by atoms with Gasteiger partial charge in [-0.3, -0.25) is 9.52 Å². The Morgan fingerprint density at radius 2 is 1.78 bits per heavy atom. The summed E-state index contributed by atoms with van der Waals surface area (Å²) >= 11 is 7.29. The van der Waals surface area contributed by atoms with E-state index in [0.717, 1.165) is 30.4 Å². The van der Waals surface area contributed by atoms with Crippen LogP contribution in [0, 0.1) is 0 Å². The molecule has 4 N–H and O–H groups in total. The zero-order valence-corrected chi connectivity index (χ0v) is 19.6. The van der Waals surface area contributed by atoms with E-state index in [1.165, 1.54) is 40.5 Å². The Balaban J connectivity index is 1.44. The van der Waals surface area contributed by atoms with Crippen LogP contribution in [0.2, 0.25) is 5.02 Å². The second-order valence-electron chi connectivity index (χ2n) is 7.37. The molecule has 0 unspecified atom stereocenters. The smallest absolute Gasteiger partial charge is 0.274 e. The molecule has 7 nitrogen and oxygen atoms in total. The van der Waals surface area contributed by atoms with Gasteiger partial charge < -0.3 is 5.73 Å². The molecule has 3 aromatic rings. The number of anilines is 2. The first kappa shape index (κ1) is 22.3. The van der Waals surface area contributed by atoms with Crippen LogP contribution in [0.15, 0.2) is 58.5 Å². The Labute approximate surface area is 195 Å². The molecule has 1 heterocycles.